The predicted octanol–water partition coefficient (Wildman–Crippen LogP) is 2.20. The normalized spacial score (nSPS) is 9.40. The molecule has 5 heteroatoms. The van der Waals surface area contributed by atoms with Gasteiger partial charge in [0.2, 0.25) is 0 Å². The molecule has 15 heavy (non-hydrogen) atoms. The second-order valence-electron chi connectivity index (χ2n) is 2.65. The van der Waals surface area contributed by atoms with Crippen molar-refractivity contribution in [2.45, 2.75) is 6.92 Å². The summed E-state index contributed by atoms with van der Waals surface area (Å²) in [7, 11) is 0. The van der Waals surface area contributed by atoms with E-state index in [1.807, 2.05) is 0 Å². The van der Waals surface area contributed by atoms with E-state index in [0.29, 0.717) is 4.47 Å². The van der Waals surface area contributed by atoms with Crippen molar-refractivity contribution in [3.63, 3.8) is 0 Å². The predicted molar refractivity (Wildman–Crippen MR) is 56.5 cm³/mol. The number of halogens is 1. The molecule has 0 atom stereocenters. The van der Waals surface area contributed by atoms with Crippen LogP contribution in [0.1, 0.15) is 22.8 Å². The summed E-state index contributed by atoms with van der Waals surface area (Å²) in [4.78, 5) is 11.4. The van der Waals surface area contributed by atoms with Crippen molar-refractivity contribution in [1.29, 1.82) is 5.26 Å². The number of hydrogen-bond donors (Lipinski definition) is 1. The fourth-order valence-electron chi connectivity index (χ4n) is 1.06. The number of carbonyl (C=O) groups excluding carboxylic acids is 1. The van der Waals surface area contributed by atoms with Gasteiger partial charge in [0.25, 0.3) is 0 Å². The van der Waals surface area contributed by atoms with Crippen LogP contribution >= 0.6 is 15.9 Å². The van der Waals surface area contributed by atoms with Crippen LogP contribution in [-0.2, 0) is 4.74 Å². The molecule has 0 aliphatic heterocycles. The Morgan fingerprint density at radius 1 is 1.67 bits per heavy atom. The van der Waals surface area contributed by atoms with Crippen LogP contribution in [-0.4, -0.2) is 17.7 Å². The molecule has 0 amide bonds. The van der Waals surface area contributed by atoms with E-state index in [0.717, 1.165) is 0 Å². The average Bonchev–Trinajstić information content (AvgIpc) is 2.22. The third-order valence-electron chi connectivity index (χ3n) is 1.74. The maximum Gasteiger partial charge on any atom is 0.339 e. The molecule has 0 aliphatic carbocycles. The summed E-state index contributed by atoms with van der Waals surface area (Å²) in [6.45, 7) is 1.89. The zero-order chi connectivity index (χ0) is 11.4. The lowest BCUT2D eigenvalue weighted by molar-refractivity contribution is 0.0525. The van der Waals surface area contributed by atoms with Crippen molar-refractivity contribution in [3.8, 4) is 11.8 Å². The standard InChI is InChI=1S/C10H8BrNO3/c1-2-15-10(14)6-3-4-8(11)9(13)7(6)5-12/h3-4,13H,2H2,1H3. The van der Waals surface area contributed by atoms with Crippen LogP contribution in [0.25, 0.3) is 0 Å². The molecule has 0 bridgehead atoms. The van der Waals surface area contributed by atoms with Gasteiger partial charge in [0.15, 0.2) is 0 Å². The van der Waals surface area contributed by atoms with Crippen molar-refractivity contribution in [2.75, 3.05) is 6.61 Å². The fourth-order valence-corrected chi connectivity index (χ4v) is 1.39. The van der Waals surface area contributed by atoms with Crippen LogP contribution in [0, 0.1) is 11.3 Å². The molecular weight excluding hydrogens is 262 g/mol. The molecule has 1 N–H and O–H groups in total. The molecule has 0 saturated carbocycles. The number of rotatable bonds is 2. The Kier molecular flexibility index (Phi) is 3.69. The van der Waals surface area contributed by atoms with Crippen molar-refractivity contribution in [2.24, 2.45) is 0 Å². The number of hydrogen-bond acceptors (Lipinski definition) is 4. The highest BCUT2D eigenvalue weighted by atomic mass is 79.9. The van der Waals surface area contributed by atoms with Crippen LogP contribution < -0.4 is 0 Å². The molecule has 0 heterocycles. The Bertz CT molecular complexity index is 437. The van der Waals surface area contributed by atoms with Gasteiger partial charge in [0, 0.05) is 0 Å². The van der Waals surface area contributed by atoms with E-state index >= 15 is 0 Å². The fraction of sp³-hybridized carbons (Fsp3) is 0.200. The SMILES string of the molecule is CCOC(=O)c1ccc(Br)c(O)c1C#N. The number of phenols is 1. The van der Waals surface area contributed by atoms with Gasteiger partial charge in [-0.3, -0.25) is 0 Å². The largest absolute Gasteiger partial charge is 0.505 e. The minimum absolute atomic E-state index is 0.0695. The Morgan fingerprint density at radius 2 is 2.33 bits per heavy atom. The summed E-state index contributed by atoms with van der Waals surface area (Å²) in [6.07, 6.45) is 0. The number of esters is 1. The maximum absolute atomic E-state index is 11.4. The second-order valence-corrected chi connectivity index (χ2v) is 3.51. The van der Waals surface area contributed by atoms with Crippen LogP contribution in [0.2, 0.25) is 0 Å². The molecule has 0 radical (unpaired) electrons. The smallest absolute Gasteiger partial charge is 0.339 e. The highest BCUT2D eigenvalue weighted by Gasteiger charge is 2.17. The molecule has 0 saturated heterocycles. The van der Waals surface area contributed by atoms with E-state index in [9.17, 15) is 9.90 Å². The van der Waals surface area contributed by atoms with Gasteiger partial charge in [-0.2, -0.15) is 5.26 Å². The minimum atomic E-state index is -0.614. The van der Waals surface area contributed by atoms with E-state index in [2.05, 4.69) is 15.9 Å². The molecule has 0 unspecified atom stereocenters. The van der Waals surface area contributed by atoms with Gasteiger partial charge in [-0.25, -0.2) is 4.79 Å². The molecular formula is C10H8BrNO3. The second kappa shape index (κ2) is 4.80. The van der Waals surface area contributed by atoms with Gasteiger partial charge < -0.3 is 9.84 Å². The molecule has 0 aromatic heterocycles. The lowest BCUT2D eigenvalue weighted by Crippen LogP contribution is -2.07. The summed E-state index contributed by atoms with van der Waals surface area (Å²) in [5.41, 5.74) is -0.0112. The first-order valence-corrected chi connectivity index (χ1v) is 4.99. The lowest BCUT2D eigenvalue weighted by atomic mass is 10.1. The van der Waals surface area contributed by atoms with Gasteiger partial charge in [-0.15, -0.1) is 0 Å². The molecule has 1 aromatic rings. The number of phenolic OH excluding ortho intramolecular Hbond substituents is 1. The molecule has 0 aliphatic rings. The van der Waals surface area contributed by atoms with E-state index < -0.39 is 5.97 Å². The van der Waals surface area contributed by atoms with Crippen LogP contribution in [0.4, 0.5) is 0 Å². The van der Waals surface area contributed by atoms with Crippen molar-refractivity contribution in [3.05, 3.63) is 27.7 Å². The van der Waals surface area contributed by atoms with Crippen molar-refractivity contribution in [1.82, 2.24) is 0 Å². The number of ether oxygens (including phenoxy) is 1. The Hall–Kier alpha value is -1.54. The zero-order valence-electron chi connectivity index (χ0n) is 7.95. The lowest BCUT2D eigenvalue weighted by Gasteiger charge is -2.06. The van der Waals surface area contributed by atoms with E-state index in [1.54, 1.807) is 13.0 Å². The summed E-state index contributed by atoms with van der Waals surface area (Å²) in [5.74, 6) is -0.861. The third-order valence-corrected chi connectivity index (χ3v) is 2.38. The Morgan fingerprint density at radius 3 is 2.87 bits per heavy atom. The van der Waals surface area contributed by atoms with Crippen LogP contribution in [0.3, 0.4) is 0 Å². The van der Waals surface area contributed by atoms with E-state index in [-0.39, 0.29) is 23.5 Å². The van der Waals surface area contributed by atoms with E-state index in [4.69, 9.17) is 10.00 Å². The summed E-state index contributed by atoms with van der Waals surface area (Å²) >= 11 is 3.06. The average molecular weight is 270 g/mol. The van der Waals surface area contributed by atoms with Gasteiger partial charge in [-0.05, 0) is 35.0 Å². The summed E-state index contributed by atoms with van der Waals surface area (Å²) in [6, 6.07) is 4.68. The van der Waals surface area contributed by atoms with Crippen LogP contribution in [0.5, 0.6) is 5.75 Å². The molecule has 4 nitrogen and oxygen atoms in total. The first-order chi connectivity index (χ1) is 7.11. The Balaban J connectivity index is 3.26. The van der Waals surface area contributed by atoms with Crippen molar-refractivity contribution >= 4 is 21.9 Å². The number of benzene rings is 1. The molecule has 1 aromatic carbocycles. The summed E-state index contributed by atoms with van der Waals surface area (Å²) in [5, 5.41) is 18.3. The zero-order valence-corrected chi connectivity index (χ0v) is 9.54. The van der Waals surface area contributed by atoms with Crippen LogP contribution in [0.15, 0.2) is 16.6 Å². The number of carbonyl (C=O) groups is 1. The molecule has 0 fully saturated rings. The first kappa shape index (κ1) is 11.5. The van der Waals surface area contributed by atoms with Crippen molar-refractivity contribution < 1.29 is 14.6 Å². The van der Waals surface area contributed by atoms with Gasteiger partial charge in [0.05, 0.1) is 16.6 Å². The highest BCUT2D eigenvalue weighted by molar-refractivity contribution is 9.10. The Labute approximate surface area is 95.2 Å². The van der Waals surface area contributed by atoms with E-state index in [1.165, 1.54) is 12.1 Å². The number of nitriles is 1. The summed E-state index contributed by atoms with van der Waals surface area (Å²) < 4.78 is 5.12. The van der Waals surface area contributed by atoms with Gasteiger partial charge in [-0.1, -0.05) is 0 Å². The molecule has 78 valence electrons. The molecule has 0 spiro atoms. The highest BCUT2D eigenvalue weighted by Crippen LogP contribution is 2.30. The topological polar surface area (TPSA) is 70.3 Å². The quantitative estimate of drug-likeness (QED) is 0.836. The third kappa shape index (κ3) is 2.28. The first-order valence-electron chi connectivity index (χ1n) is 4.20. The maximum atomic E-state index is 11.4. The monoisotopic (exact) mass is 269 g/mol. The number of aromatic hydroxyl groups is 1. The molecule has 1 rings (SSSR count). The van der Waals surface area contributed by atoms with Gasteiger partial charge >= 0.3 is 5.97 Å². The number of nitrogens with zero attached hydrogens (tertiary/aromatic N) is 1. The van der Waals surface area contributed by atoms with Gasteiger partial charge in [0.1, 0.15) is 17.4 Å². The minimum Gasteiger partial charge on any atom is -0.505 e.